The lowest BCUT2D eigenvalue weighted by atomic mass is 10.0. The minimum atomic E-state index is -0.306. The van der Waals surface area contributed by atoms with Crippen LogP contribution >= 0.6 is 62.3 Å². The zero-order valence-electron chi connectivity index (χ0n) is 10.1. The summed E-state index contributed by atoms with van der Waals surface area (Å²) in [6.07, 6.45) is 0. The van der Waals surface area contributed by atoms with Gasteiger partial charge in [-0.1, -0.05) is 74.5 Å². The van der Waals surface area contributed by atoms with Gasteiger partial charge in [-0.15, -0.1) is 0 Å². The second-order valence-corrected chi connectivity index (χ2v) is 6.56. The molecule has 20 heavy (non-hydrogen) atoms. The van der Waals surface area contributed by atoms with Gasteiger partial charge in [0, 0.05) is 10.0 Å². The van der Waals surface area contributed by atoms with Gasteiger partial charge in [-0.05, 0) is 24.6 Å². The summed E-state index contributed by atoms with van der Waals surface area (Å²) in [6, 6.07) is 6.66. The summed E-state index contributed by atoms with van der Waals surface area (Å²) in [5, 5.41) is 0.563. The van der Waals surface area contributed by atoms with Crippen LogP contribution in [0.4, 0.5) is 0 Å². The third kappa shape index (κ3) is 3.00. The lowest BCUT2D eigenvalue weighted by Gasteiger charge is -2.10. The predicted molar refractivity (Wildman–Crippen MR) is 88.8 cm³/mol. The molecule has 0 amide bonds. The Morgan fingerprint density at radius 2 is 1.65 bits per heavy atom. The van der Waals surface area contributed by atoms with Gasteiger partial charge in [-0.25, -0.2) is 0 Å². The number of hydrogen-bond donors (Lipinski definition) is 0. The highest BCUT2D eigenvalue weighted by Crippen LogP contribution is 2.38. The van der Waals surface area contributed by atoms with Crippen molar-refractivity contribution in [2.75, 3.05) is 0 Å². The van der Waals surface area contributed by atoms with Crippen LogP contribution < -0.4 is 0 Å². The molecule has 0 atom stereocenters. The Bertz CT molecular complexity index is 713. The van der Waals surface area contributed by atoms with E-state index < -0.39 is 0 Å². The van der Waals surface area contributed by atoms with E-state index in [-0.39, 0.29) is 31.4 Å². The third-order valence-corrected chi connectivity index (χ3v) is 5.19. The zero-order chi connectivity index (χ0) is 15.0. The molecule has 0 bridgehead atoms. The van der Waals surface area contributed by atoms with Gasteiger partial charge in [0.2, 0.25) is 0 Å². The van der Waals surface area contributed by atoms with Crippen LogP contribution in [0, 0.1) is 6.92 Å². The van der Waals surface area contributed by atoms with E-state index in [9.17, 15) is 4.79 Å². The van der Waals surface area contributed by atoms with Crippen molar-refractivity contribution in [2.24, 2.45) is 0 Å². The Hall–Kier alpha value is -0.250. The number of rotatable bonds is 2. The highest BCUT2D eigenvalue weighted by Gasteiger charge is 2.21. The van der Waals surface area contributed by atoms with Gasteiger partial charge in [0.05, 0.1) is 25.7 Å². The Morgan fingerprint density at radius 1 is 1.00 bits per heavy atom. The molecule has 0 unspecified atom stereocenters. The van der Waals surface area contributed by atoms with Gasteiger partial charge in [-0.2, -0.15) is 0 Å². The van der Waals surface area contributed by atoms with Crippen molar-refractivity contribution >= 4 is 68.1 Å². The smallest absolute Gasteiger partial charge is 0.196 e. The summed E-state index contributed by atoms with van der Waals surface area (Å²) in [5.74, 6) is -0.306. The predicted octanol–water partition coefficient (Wildman–Crippen LogP) is 6.60. The molecule has 0 N–H and O–H groups in total. The number of ketones is 1. The second kappa shape index (κ2) is 6.25. The van der Waals surface area contributed by atoms with Crippen LogP contribution in [-0.2, 0) is 0 Å². The van der Waals surface area contributed by atoms with Crippen molar-refractivity contribution in [1.82, 2.24) is 0 Å². The number of carbonyl (C=O) groups is 1. The van der Waals surface area contributed by atoms with E-state index in [1.54, 1.807) is 12.1 Å². The molecular weight excluding hydrogens is 406 g/mol. The third-order valence-electron chi connectivity index (χ3n) is 2.78. The molecule has 0 aromatic heterocycles. The van der Waals surface area contributed by atoms with Crippen molar-refractivity contribution in [3.63, 3.8) is 0 Å². The van der Waals surface area contributed by atoms with Gasteiger partial charge in [0.15, 0.2) is 5.78 Å². The van der Waals surface area contributed by atoms with Crippen LogP contribution in [0.5, 0.6) is 0 Å². The molecule has 2 rings (SSSR count). The summed E-state index contributed by atoms with van der Waals surface area (Å²) < 4.78 is 0.829. The molecule has 0 aliphatic carbocycles. The normalized spacial score (nSPS) is 10.7. The largest absolute Gasteiger partial charge is 0.288 e. The Kier molecular flexibility index (Phi) is 5.04. The highest BCUT2D eigenvalue weighted by atomic mass is 79.9. The SMILES string of the molecule is Cc1ccc(C(=O)c2c(Cl)cc(Cl)c(Cl)c2Cl)cc1Br. The zero-order valence-corrected chi connectivity index (χ0v) is 14.7. The number of carbonyl (C=O) groups excluding carboxylic acids is 1. The quantitative estimate of drug-likeness (QED) is 0.308. The van der Waals surface area contributed by atoms with E-state index in [0.29, 0.717) is 5.56 Å². The van der Waals surface area contributed by atoms with E-state index in [0.717, 1.165) is 10.0 Å². The Morgan fingerprint density at radius 3 is 2.25 bits per heavy atom. The van der Waals surface area contributed by atoms with E-state index in [1.165, 1.54) is 6.07 Å². The molecule has 0 aliphatic rings. The minimum absolute atomic E-state index is 0.0610. The maximum atomic E-state index is 12.5. The van der Waals surface area contributed by atoms with Gasteiger partial charge >= 0.3 is 0 Å². The average Bonchev–Trinajstić information content (AvgIpc) is 2.39. The summed E-state index contributed by atoms with van der Waals surface area (Å²) in [5.41, 5.74) is 1.64. The summed E-state index contributed by atoms with van der Waals surface area (Å²) in [7, 11) is 0. The van der Waals surface area contributed by atoms with Crippen LogP contribution in [0.25, 0.3) is 0 Å². The number of hydrogen-bond acceptors (Lipinski definition) is 1. The number of benzene rings is 2. The Balaban J connectivity index is 2.59. The molecule has 104 valence electrons. The molecule has 2 aromatic rings. The first kappa shape index (κ1) is 16.1. The first-order valence-corrected chi connectivity index (χ1v) is 7.77. The fraction of sp³-hybridized carbons (Fsp3) is 0.0714. The monoisotopic (exact) mass is 410 g/mol. The lowest BCUT2D eigenvalue weighted by Crippen LogP contribution is -2.04. The average molecular weight is 413 g/mol. The maximum Gasteiger partial charge on any atom is 0.196 e. The van der Waals surface area contributed by atoms with Gasteiger partial charge in [-0.3, -0.25) is 4.79 Å². The molecule has 0 spiro atoms. The Labute approximate surface area is 144 Å². The van der Waals surface area contributed by atoms with E-state index >= 15 is 0 Å². The van der Waals surface area contributed by atoms with Crippen LogP contribution in [-0.4, -0.2) is 5.78 Å². The molecule has 6 heteroatoms. The minimum Gasteiger partial charge on any atom is -0.288 e. The van der Waals surface area contributed by atoms with Crippen LogP contribution in [0.3, 0.4) is 0 Å². The maximum absolute atomic E-state index is 12.5. The topological polar surface area (TPSA) is 17.1 Å². The van der Waals surface area contributed by atoms with Gasteiger partial charge in [0.1, 0.15) is 0 Å². The molecule has 0 aliphatic heterocycles. The molecule has 0 radical (unpaired) electrons. The lowest BCUT2D eigenvalue weighted by molar-refractivity contribution is 0.103. The fourth-order valence-electron chi connectivity index (χ4n) is 1.65. The molecule has 0 heterocycles. The van der Waals surface area contributed by atoms with Crippen molar-refractivity contribution < 1.29 is 4.79 Å². The number of aryl methyl sites for hydroxylation is 1. The summed E-state index contributed by atoms with van der Waals surface area (Å²) >= 11 is 27.4. The van der Waals surface area contributed by atoms with Crippen molar-refractivity contribution in [3.8, 4) is 0 Å². The second-order valence-electron chi connectivity index (χ2n) is 4.14. The first-order valence-electron chi connectivity index (χ1n) is 5.46. The summed E-state index contributed by atoms with van der Waals surface area (Å²) in [4.78, 5) is 12.5. The first-order chi connectivity index (χ1) is 9.32. The molecule has 0 fully saturated rings. The molecule has 0 saturated carbocycles. The van der Waals surface area contributed by atoms with E-state index in [4.69, 9.17) is 46.4 Å². The van der Waals surface area contributed by atoms with Crippen molar-refractivity contribution in [1.29, 1.82) is 0 Å². The van der Waals surface area contributed by atoms with Crippen molar-refractivity contribution in [3.05, 3.63) is 65.5 Å². The molecular formula is C14H7BrCl4O. The molecule has 0 saturated heterocycles. The molecule has 2 aromatic carbocycles. The number of halogens is 5. The van der Waals surface area contributed by atoms with E-state index in [1.807, 2.05) is 13.0 Å². The van der Waals surface area contributed by atoms with Crippen LogP contribution in [0.2, 0.25) is 20.1 Å². The van der Waals surface area contributed by atoms with Gasteiger partial charge in [0.25, 0.3) is 0 Å². The summed E-state index contributed by atoms with van der Waals surface area (Å²) in [6.45, 7) is 1.93. The van der Waals surface area contributed by atoms with Crippen LogP contribution in [0.15, 0.2) is 28.7 Å². The highest BCUT2D eigenvalue weighted by molar-refractivity contribution is 9.10. The standard InChI is InChI=1S/C14H7BrCl4O/c1-6-2-3-7(4-8(6)15)14(20)11-9(16)5-10(17)12(18)13(11)19/h2-5H,1H3. The fourth-order valence-corrected chi connectivity index (χ4v) is 3.12. The van der Waals surface area contributed by atoms with Crippen molar-refractivity contribution in [2.45, 2.75) is 6.92 Å². The molecule has 1 nitrogen and oxygen atoms in total. The van der Waals surface area contributed by atoms with Gasteiger partial charge < -0.3 is 0 Å². The van der Waals surface area contributed by atoms with E-state index in [2.05, 4.69) is 15.9 Å². The van der Waals surface area contributed by atoms with Crippen LogP contribution in [0.1, 0.15) is 21.5 Å².